The molecule has 0 saturated heterocycles. The summed E-state index contributed by atoms with van der Waals surface area (Å²) in [6.45, 7) is 1.95. The van der Waals surface area contributed by atoms with Crippen LogP contribution in [0, 0.1) is 6.92 Å². The lowest BCUT2D eigenvalue weighted by atomic mass is 9.88. The van der Waals surface area contributed by atoms with E-state index in [1.54, 1.807) is 13.4 Å². The number of ether oxygens (including phenoxy) is 1. The van der Waals surface area contributed by atoms with Crippen LogP contribution < -0.4 is 10.1 Å². The molecule has 4 rings (SSSR count). The number of nitrogens with one attached hydrogen (secondary N) is 1. The van der Waals surface area contributed by atoms with Gasteiger partial charge in [-0.2, -0.15) is 0 Å². The Morgan fingerprint density at radius 1 is 1.27 bits per heavy atom. The van der Waals surface area contributed by atoms with E-state index in [2.05, 4.69) is 34.6 Å². The third-order valence-corrected chi connectivity index (χ3v) is 6.36. The van der Waals surface area contributed by atoms with E-state index in [1.165, 1.54) is 11.1 Å². The van der Waals surface area contributed by atoms with E-state index in [4.69, 9.17) is 16.3 Å². The average Bonchev–Trinajstić information content (AvgIpc) is 3.27. The second-order valence-electron chi connectivity index (χ2n) is 8.50. The van der Waals surface area contributed by atoms with Crippen LogP contribution in [0.5, 0.6) is 5.75 Å². The minimum absolute atomic E-state index is 0.0159. The van der Waals surface area contributed by atoms with E-state index in [0.29, 0.717) is 12.3 Å². The number of nitrogens with zero attached hydrogens (tertiary/aromatic N) is 2. The van der Waals surface area contributed by atoms with Crippen molar-refractivity contribution in [2.75, 3.05) is 13.0 Å². The molecule has 6 heteroatoms. The van der Waals surface area contributed by atoms with Gasteiger partial charge in [-0.1, -0.05) is 30.3 Å². The molecule has 1 N–H and O–H groups in total. The first-order valence-electron chi connectivity index (χ1n) is 11.4. The number of benzene rings is 2. The number of alkyl halides is 1. The van der Waals surface area contributed by atoms with Gasteiger partial charge in [-0.15, -0.1) is 11.6 Å². The summed E-state index contributed by atoms with van der Waals surface area (Å²) in [5.41, 5.74) is 6.22. The number of halogens is 1. The topological polar surface area (TPSA) is 56.1 Å². The van der Waals surface area contributed by atoms with Crippen LogP contribution in [0.2, 0.25) is 0 Å². The van der Waals surface area contributed by atoms with Crippen LogP contribution in [0.3, 0.4) is 0 Å². The normalized spacial score (nSPS) is 15.7. The van der Waals surface area contributed by atoms with E-state index in [1.807, 2.05) is 42.0 Å². The van der Waals surface area contributed by atoms with Crippen LogP contribution >= 0.6 is 11.6 Å². The highest BCUT2D eigenvalue weighted by molar-refractivity contribution is 6.17. The van der Waals surface area contributed by atoms with Gasteiger partial charge in [0.05, 0.1) is 24.8 Å². The molecule has 1 atom stereocenters. The van der Waals surface area contributed by atoms with Crippen molar-refractivity contribution in [3.63, 3.8) is 0 Å². The highest BCUT2D eigenvalue weighted by Crippen LogP contribution is 2.27. The molecule has 1 aliphatic rings. The van der Waals surface area contributed by atoms with E-state index in [9.17, 15) is 4.79 Å². The summed E-state index contributed by atoms with van der Waals surface area (Å²) < 4.78 is 7.56. The summed E-state index contributed by atoms with van der Waals surface area (Å²) in [6, 6.07) is 14.6. The molecule has 172 valence electrons. The quantitative estimate of drug-likeness (QED) is 0.366. The van der Waals surface area contributed by atoms with E-state index >= 15 is 0 Å². The fourth-order valence-electron chi connectivity index (χ4n) is 4.36. The monoisotopic (exact) mass is 463 g/mol. The first-order valence-corrected chi connectivity index (χ1v) is 11.9. The van der Waals surface area contributed by atoms with Crippen LogP contribution in [-0.4, -0.2) is 34.5 Å². The number of amides is 1. The third kappa shape index (κ3) is 5.66. The first kappa shape index (κ1) is 23.1. The van der Waals surface area contributed by atoms with Crippen LogP contribution in [0.1, 0.15) is 41.6 Å². The summed E-state index contributed by atoms with van der Waals surface area (Å²) >= 11 is 5.95. The molecule has 1 aliphatic carbocycles. The Balaban J connectivity index is 1.54. The summed E-state index contributed by atoms with van der Waals surface area (Å²) in [4.78, 5) is 17.5. The standard InChI is InChI=1S/C27H30ClN3O2/c1-19-17-31(18-29-19)25-12-9-20(15-26(25)33-2)14-23(8-5-13-28)27(32)30-24-11-10-21-6-3-4-7-22(21)16-24/h3-4,6-7,9,12,14-15,17-18,24H,5,8,10-11,13,16H2,1-2H3,(H,30,32)/b23-14+. The molecule has 1 unspecified atom stereocenters. The van der Waals surface area contributed by atoms with Crippen molar-refractivity contribution in [2.24, 2.45) is 0 Å². The van der Waals surface area contributed by atoms with Gasteiger partial charge >= 0.3 is 0 Å². The lowest BCUT2D eigenvalue weighted by Gasteiger charge is -2.26. The number of fused-ring (bicyclic) bond motifs is 1. The second kappa shape index (κ2) is 10.7. The Hall–Kier alpha value is -3.05. The molecule has 0 bridgehead atoms. The molecule has 0 saturated carbocycles. The molecular formula is C27H30ClN3O2. The van der Waals surface area contributed by atoms with Gasteiger partial charge < -0.3 is 14.6 Å². The van der Waals surface area contributed by atoms with Gasteiger partial charge in [0, 0.05) is 23.7 Å². The molecule has 3 aromatic rings. The lowest BCUT2D eigenvalue weighted by molar-refractivity contribution is -0.118. The fourth-order valence-corrected chi connectivity index (χ4v) is 4.49. The summed E-state index contributed by atoms with van der Waals surface area (Å²) in [5, 5.41) is 3.26. The maximum Gasteiger partial charge on any atom is 0.247 e. The molecule has 0 aliphatic heterocycles. The molecule has 2 aromatic carbocycles. The average molecular weight is 464 g/mol. The Morgan fingerprint density at radius 3 is 2.82 bits per heavy atom. The van der Waals surface area contributed by atoms with E-state index in [-0.39, 0.29) is 11.9 Å². The Morgan fingerprint density at radius 2 is 2.09 bits per heavy atom. The summed E-state index contributed by atoms with van der Waals surface area (Å²) in [5.74, 6) is 1.23. The van der Waals surface area contributed by atoms with Crippen LogP contribution in [0.25, 0.3) is 11.8 Å². The highest BCUT2D eigenvalue weighted by atomic mass is 35.5. The number of hydrogen-bond donors (Lipinski definition) is 1. The van der Waals surface area contributed by atoms with Gasteiger partial charge in [0.25, 0.3) is 0 Å². The number of carbonyl (C=O) groups excluding carboxylic acids is 1. The molecule has 1 heterocycles. The zero-order chi connectivity index (χ0) is 23.2. The van der Waals surface area contributed by atoms with E-state index < -0.39 is 0 Å². The Labute approximate surface area is 200 Å². The SMILES string of the molecule is COc1cc(/C=C(\CCCCl)C(=O)NC2CCc3ccccc3C2)ccc1-n1cnc(C)c1. The lowest BCUT2D eigenvalue weighted by Crippen LogP contribution is -2.39. The molecular weight excluding hydrogens is 434 g/mol. The van der Waals surface area contributed by atoms with Crippen LogP contribution in [0.15, 0.2) is 60.6 Å². The maximum absolute atomic E-state index is 13.2. The number of aryl methyl sites for hydroxylation is 2. The van der Waals surface area contributed by atoms with Gasteiger partial charge in [-0.3, -0.25) is 4.79 Å². The number of imidazole rings is 1. The van der Waals surface area contributed by atoms with Crippen molar-refractivity contribution in [3.05, 3.63) is 82.9 Å². The van der Waals surface area contributed by atoms with Gasteiger partial charge in [-0.25, -0.2) is 4.98 Å². The fraction of sp³-hybridized carbons (Fsp3) is 0.333. The minimum Gasteiger partial charge on any atom is -0.495 e. The molecule has 0 radical (unpaired) electrons. The Bertz CT molecular complexity index is 1150. The highest BCUT2D eigenvalue weighted by Gasteiger charge is 2.21. The summed E-state index contributed by atoms with van der Waals surface area (Å²) in [7, 11) is 1.65. The zero-order valence-electron chi connectivity index (χ0n) is 19.2. The second-order valence-corrected chi connectivity index (χ2v) is 8.88. The van der Waals surface area contributed by atoms with Crippen molar-refractivity contribution in [1.82, 2.24) is 14.9 Å². The molecule has 1 amide bonds. The zero-order valence-corrected chi connectivity index (χ0v) is 19.9. The van der Waals surface area contributed by atoms with Crippen molar-refractivity contribution in [2.45, 2.75) is 45.1 Å². The van der Waals surface area contributed by atoms with Crippen LogP contribution in [-0.2, 0) is 17.6 Å². The number of aromatic nitrogens is 2. The van der Waals surface area contributed by atoms with E-state index in [0.717, 1.165) is 54.0 Å². The molecule has 1 aromatic heterocycles. The van der Waals surface area contributed by atoms with Gasteiger partial charge in [0.15, 0.2) is 0 Å². The predicted octanol–water partition coefficient (Wildman–Crippen LogP) is 5.27. The van der Waals surface area contributed by atoms with Crippen molar-refractivity contribution in [1.29, 1.82) is 0 Å². The van der Waals surface area contributed by atoms with Gasteiger partial charge in [0.1, 0.15) is 5.75 Å². The first-order chi connectivity index (χ1) is 16.1. The number of methoxy groups -OCH3 is 1. The van der Waals surface area contributed by atoms with Gasteiger partial charge in [0.2, 0.25) is 5.91 Å². The Kier molecular flexibility index (Phi) is 7.50. The van der Waals surface area contributed by atoms with Crippen molar-refractivity contribution < 1.29 is 9.53 Å². The van der Waals surface area contributed by atoms with Gasteiger partial charge in [-0.05, 0) is 73.9 Å². The van der Waals surface area contributed by atoms with Crippen molar-refractivity contribution >= 4 is 23.6 Å². The summed E-state index contributed by atoms with van der Waals surface area (Å²) in [6.07, 6.45) is 9.87. The molecule has 0 spiro atoms. The minimum atomic E-state index is -0.0159. The molecule has 33 heavy (non-hydrogen) atoms. The molecule has 0 fully saturated rings. The molecule has 5 nitrogen and oxygen atoms in total. The number of carbonyl (C=O) groups is 1. The largest absolute Gasteiger partial charge is 0.495 e. The van der Waals surface area contributed by atoms with Crippen molar-refractivity contribution in [3.8, 4) is 11.4 Å². The van der Waals surface area contributed by atoms with Crippen LogP contribution in [0.4, 0.5) is 0 Å². The predicted molar refractivity (Wildman–Crippen MR) is 133 cm³/mol. The smallest absolute Gasteiger partial charge is 0.247 e. The number of hydrogen-bond acceptors (Lipinski definition) is 3. The number of rotatable bonds is 8. The third-order valence-electron chi connectivity index (χ3n) is 6.09. The maximum atomic E-state index is 13.2.